The van der Waals surface area contributed by atoms with E-state index in [9.17, 15) is 0 Å². The summed E-state index contributed by atoms with van der Waals surface area (Å²) in [6.45, 7) is 5.56. The first-order chi connectivity index (χ1) is 8.31. The van der Waals surface area contributed by atoms with Crippen molar-refractivity contribution >= 4 is 23.7 Å². The minimum Gasteiger partial charge on any atom is -0.294 e. The lowest BCUT2D eigenvalue weighted by molar-refractivity contribution is 0.247. The number of nitrogens with zero attached hydrogens (tertiary/aromatic N) is 1. The Bertz CT molecular complexity index is 521. The Morgan fingerprint density at radius 1 is 1.28 bits per heavy atom. The smallest absolute Gasteiger partial charge is 0.0248 e. The third-order valence-corrected chi connectivity index (χ3v) is 4.40. The summed E-state index contributed by atoms with van der Waals surface area (Å²) in [5.74, 6) is 0. The zero-order chi connectivity index (χ0) is 11.7. The Morgan fingerprint density at radius 3 is 3.00 bits per heavy atom. The number of hydrogen-bond donors (Lipinski definition) is 0. The third kappa shape index (κ3) is 2.94. The summed E-state index contributed by atoms with van der Waals surface area (Å²) in [6.07, 6.45) is 1.22. The van der Waals surface area contributed by atoms with Crippen LogP contribution in [0, 0.1) is 6.92 Å². The SMILES string of the molecule is Cc1cccc(CN2CCc3sccc3C2)c1.Cl. The van der Waals surface area contributed by atoms with Crippen molar-refractivity contribution in [1.29, 1.82) is 0 Å². The standard InChI is InChI=1S/C15H17NS.ClH/c1-12-3-2-4-13(9-12)10-16-7-5-15-14(11-16)6-8-17-15;/h2-4,6,8-9H,5,7,10-11H2,1H3;1H. The average Bonchev–Trinajstić information content (AvgIpc) is 2.76. The molecule has 0 N–H and O–H groups in total. The van der Waals surface area contributed by atoms with Crippen molar-refractivity contribution in [2.24, 2.45) is 0 Å². The molecular weight excluding hydrogens is 262 g/mol. The maximum atomic E-state index is 2.55. The Hall–Kier alpha value is -0.830. The summed E-state index contributed by atoms with van der Waals surface area (Å²) in [5.41, 5.74) is 4.33. The fourth-order valence-corrected chi connectivity index (χ4v) is 3.40. The molecular formula is C15H18ClNS. The molecule has 0 saturated carbocycles. The van der Waals surface area contributed by atoms with E-state index in [2.05, 4.69) is 47.5 Å². The zero-order valence-corrected chi connectivity index (χ0v) is 12.2. The van der Waals surface area contributed by atoms with Crippen LogP contribution in [0.4, 0.5) is 0 Å². The van der Waals surface area contributed by atoms with Gasteiger partial charge in [-0.15, -0.1) is 23.7 Å². The second-order valence-electron chi connectivity index (χ2n) is 4.82. The first-order valence-corrected chi connectivity index (χ1v) is 7.02. The molecule has 96 valence electrons. The van der Waals surface area contributed by atoms with Gasteiger partial charge in [0.1, 0.15) is 0 Å². The molecule has 18 heavy (non-hydrogen) atoms. The topological polar surface area (TPSA) is 3.24 Å². The molecule has 1 aromatic carbocycles. The van der Waals surface area contributed by atoms with E-state index in [0.29, 0.717) is 0 Å². The third-order valence-electron chi connectivity index (χ3n) is 3.38. The van der Waals surface area contributed by atoms with Crippen LogP contribution in [0.3, 0.4) is 0 Å². The van der Waals surface area contributed by atoms with Crippen LogP contribution in [-0.2, 0) is 19.5 Å². The van der Waals surface area contributed by atoms with Gasteiger partial charge >= 0.3 is 0 Å². The van der Waals surface area contributed by atoms with Crippen molar-refractivity contribution in [2.45, 2.75) is 26.4 Å². The summed E-state index contributed by atoms with van der Waals surface area (Å²) >= 11 is 1.91. The van der Waals surface area contributed by atoms with Crippen molar-refractivity contribution in [3.63, 3.8) is 0 Å². The molecule has 0 fully saturated rings. The van der Waals surface area contributed by atoms with Gasteiger partial charge in [-0.05, 0) is 35.9 Å². The molecule has 0 amide bonds. The first-order valence-electron chi connectivity index (χ1n) is 6.14. The lowest BCUT2D eigenvalue weighted by atomic mass is 10.1. The average molecular weight is 280 g/mol. The maximum Gasteiger partial charge on any atom is 0.0248 e. The monoisotopic (exact) mass is 279 g/mol. The van der Waals surface area contributed by atoms with E-state index in [1.165, 1.54) is 29.7 Å². The number of hydrogen-bond acceptors (Lipinski definition) is 2. The molecule has 1 aliphatic heterocycles. The van der Waals surface area contributed by atoms with E-state index in [1.54, 1.807) is 4.88 Å². The molecule has 0 saturated heterocycles. The van der Waals surface area contributed by atoms with Crippen LogP contribution in [0.2, 0.25) is 0 Å². The van der Waals surface area contributed by atoms with Crippen LogP contribution in [0.15, 0.2) is 35.7 Å². The summed E-state index contributed by atoms with van der Waals surface area (Å²) < 4.78 is 0. The first kappa shape index (κ1) is 13.6. The Balaban J connectivity index is 0.00000120. The molecule has 3 rings (SSSR count). The molecule has 0 aliphatic carbocycles. The van der Waals surface area contributed by atoms with Gasteiger partial charge in [0.15, 0.2) is 0 Å². The van der Waals surface area contributed by atoms with Crippen LogP contribution in [-0.4, -0.2) is 11.4 Å². The van der Waals surface area contributed by atoms with Gasteiger partial charge in [-0.1, -0.05) is 29.8 Å². The van der Waals surface area contributed by atoms with Crippen LogP contribution in [0.1, 0.15) is 21.6 Å². The summed E-state index contributed by atoms with van der Waals surface area (Å²) in [5, 5.41) is 2.22. The van der Waals surface area contributed by atoms with Gasteiger partial charge in [0, 0.05) is 24.5 Å². The minimum absolute atomic E-state index is 0. The molecule has 0 spiro atoms. The number of thiophene rings is 1. The molecule has 0 atom stereocenters. The highest BCUT2D eigenvalue weighted by atomic mass is 35.5. The van der Waals surface area contributed by atoms with Crippen LogP contribution < -0.4 is 0 Å². The van der Waals surface area contributed by atoms with Crippen molar-refractivity contribution < 1.29 is 0 Å². The van der Waals surface area contributed by atoms with Gasteiger partial charge in [-0.2, -0.15) is 0 Å². The fourth-order valence-electron chi connectivity index (χ4n) is 2.51. The highest BCUT2D eigenvalue weighted by molar-refractivity contribution is 7.10. The molecule has 1 nitrogen and oxygen atoms in total. The minimum atomic E-state index is 0. The molecule has 0 radical (unpaired) electrons. The maximum absolute atomic E-state index is 2.55. The van der Waals surface area contributed by atoms with Crippen molar-refractivity contribution in [3.05, 3.63) is 57.3 Å². The molecule has 1 aliphatic rings. The van der Waals surface area contributed by atoms with E-state index in [4.69, 9.17) is 0 Å². The van der Waals surface area contributed by atoms with E-state index in [-0.39, 0.29) is 12.4 Å². The number of fused-ring (bicyclic) bond motifs is 1. The van der Waals surface area contributed by atoms with E-state index in [0.717, 1.165) is 13.1 Å². The highest BCUT2D eigenvalue weighted by Crippen LogP contribution is 2.25. The second-order valence-corrected chi connectivity index (χ2v) is 5.82. The zero-order valence-electron chi connectivity index (χ0n) is 10.6. The molecule has 2 aromatic rings. The summed E-state index contributed by atoms with van der Waals surface area (Å²) in [4.78, 5) is 4.13. The van der Waals surface area contributed by atoms with Gasteiger partial charge in [0.2, 0.25) is 0 Å². The Kier molecular flexibility index (Phi) is 4.44. The van der Waals surface area contributed by atoms with E-state index in [1.807, 2.05) is 11.3 Å². The van der Waals surface area contributed by atoms with E-state index >= 15 is 0 Å². The predicted octanol–water partition coefficient (Wildman–Crippen LogP) is 4.04. The van der Waals surface area contributed by atoms with Crippen LogP contribution in [0.25, 0.3) is 0 Å². The van der Waals surface area contributed by atoms with Crippen molar-refractivity contribution in [3.8, 4) is 0 Å². The highest BCUT2D eigenvalue weighted by Gasteiger charge is 2.16. The fraction of sp³-hybridized carbons (Fsp3) is 0.333. The van der Waals surface area contributed by atoms with E-state index < -0.39 is 0 Å². The lowest BCUT2D eigenvalue weighted by Crippen LogP contribution is -2.29. The number of halogens is 1. The molecule has 0 bridgehead atoms. The van der Waals surface area contributed by atoms with Crippen molar-refractivity contribution in [2.75, 3.05) is 6.54 Å². The van der Waals surface area contributed by atoms with Crippen LogP contribution in [0.5, 0.6) is 0 Å². The van der Waals surface area contributed by atoms with Gasteiger partial charge in [0.25, 0.3) is 0 Å². The van der Waals surface area contributed by atoms with Gasteiger partial charge in [-0.3, -0.25) is 4.90 Å². The summed E-state index contributed by atoms with van der Waals surface area (Å²) in [7, 11) is 0. The van der Waals surface area contributed by atoms with Gasteiger partial charge < -0.3 is 0 Å². The predicted molar refractivity (Wildman–Crippen MR) is 80.6 cm³/mol. The van der Waals surface area contributed by atoms with Crippen LogP contribution >= 0.6 is 23.7 Å². The normalized spacial score (nSPS) is 14.9. The number of benzene rings is 1. The van der Waals surface area contributed by atoms with Gasteiger partial charge in [0.05, 0.1) is 0 Å². The van der Waals surface area contributed by atoms with Gasteiger partial charge in [-0.25, -0.2) is 0 Å². The molecule has 3 heteroatoms. The lowest BCUT2D eigenvalue weighted by Gasteiger charge is -2.26. The number of aryl methyl sites for hydroxylation is 1. The Labute approximate surface area is 119 Å². The quantitative estimate of drug-likeness (QED) is 0.802. The molecule has 1 aromatic heterocycles. The Morgan fingerprint density at radius 2 is 2.17 bits per heavy atom. The second kappa shape index (κ2) is 5.87. The van der Waals surface area contributed by atoms with Crippen molar-refractivity contribution in [1.82, 2.24) is 4.90 Å². The largest absolute Gasteiger partial charge is 0.294 e. The molecule has 2 heterocycles. The molecule has 0 unspecified atom stereocenters. The number of rotatable bonds is 2. The summed E-state index contributed by atoms with van der Waals surface area (Å²) in [6, 6.07) is 11.1.